The first-order chi connectivity index (χ1) is 9.29. The van der Waals surface area contributed by atoms with Crippen LogP contribution in [0.15, 0.2) is 30.3 Å². The summed E-state index contributed by atoms with van der Waals surface area (Å²) in [7, 11) is 0. The molecule has 0 fully saturated rings. The van der Waals surface area contributed by atoms with Crippen molar-refractivity contribution in [2.24, 2.45) is 0 Å². The second-order valence-corrected chi connectivity index (χ2v) is 4.74. The molecule has 0 atom stereocenters. The van der Waals surface area contributed by atoms with E-state index in [1.165, 1.54) is 30.6 Å². The quantitative estimate of drug-likeness (QED) is 0.502. The van der Waals surface area contributed by atoms with Crippen LogP contribution < -0.4 is 0 Å². The lowest BCUT2D eigenvalue weighted by atomic mass is 10.1. The number of imide groups is 1. The van der Waals surface area contributed by atoms with E-state index in [1.807, 2.05) is 6.07 Å². The van der Waals surface area contributed by atoms with Gasteiger partial charge in [0.15, 0.2) is 0 Å². The van der Waals surface area contributed by atoms with E-state index >= 15 is 0 Å². The molecular weight excluding hydrogens is 238 g/mol. The van der Waals surface area contributed by atoms with Crippen molar-refractivity contribution in [2.75, 3.05) is 6.54 Å². The third kappa shape index (κ3) is 5.69. The van der Waals surface area contributed by atoms with Crippen molar-refractivity contribution < 1.29 is 9.59 Å². The van der Waals surface area contributed by atoms with E-state index in [-0.39, 0.29) is 5.91 Å². The first-order valence-corrected chi connectivity index (χ1v) is 7.11. The fourth-order valence-corrected chi connectivity index (χ4v) is 2.01. The lowest BCUT2D eigenvalue weighted by Crippen LogP contribution is -2.30. The van der Waals surface area contributed by atoms with Gasteiger partial charge in [0.1, 0.15) is 0 Å². The van der Waals surface area contributed by atoms with E-state index in [4.69, 9.17) is 0 Å². The fourth-order valence-electron chi connectivity index (χ4n) is 2.01. The van der Waals surface area contributed by atoms with Gasteiger partial charge in [0.05, 0.1) is 0 Å². The largest absolute Gasteiger partial charge is 0.281 e. The number of amides is 2. The van der Waals surface area contributed by atoms with E-state index in [0.717, 1.165) is 12.8 Å². The molecule has 0 radical (unpaired) electrons. The Morgan fingerprint density at radius 2 is 1.68 bits per heavy atom. The standard InChI is InChI=1S/C16H23NO2/c1-2-3-4-5-6-10-13-17(14-18)16(19)15-11-8-7-9-12-15/h7-9,11-12,14H,2-6,10,13H2,1H3. The average molecular weight is 261 g/mol. The second-order valence-electron chi connectivity index (χ2n) is 4.74. The van der Waals surface area contributed by atoms with Crippen LogP contribution in [0.3, 0.4) is 0 Å². The molecular formula is C16H23NO2. The number of carbonyl (C=O) groups is 2. The molecule has 0 saturated heterocycles. The average Bonchev–Trinajstić information content (AvgIpc) is 2.47. The van der Waals surface area contributed by atoms with E-state index in [9.17, 15) is 9.59 Å². The Morgan fingerprint density at radius 1 is 1.05 bits per heavy atom. The fraction of sp³-hybridized carbons (Fsp3) is 0.500. The van der Waals surface area contributed by atoms with Crippen molar-refractivity contribution in [3.8, 4) is 0 Å². The monoisotopic (exact) mass is 261 g/mol. The van der Waals surface area contributed by atoms with Gasteiger partial charge in [0.2, 0.25) is 6.41 Å². The molecule has 0 aliphatic carbocycles. The highest BCUT2D eigenvalue weighted by atomic mass is 16.2. The van der Waals surface area contributed by atoms with Crippen molar-refractivity contribution in [1.82, 2.24) is 4.90 Å². The van der Waals surface area contributed by atoms with E-state index in [0.29, 0.717) is 18.5 Å². The van der Waals surface area contributed by atoms with Crippen LogP contribution in [0.5, 0.6) is 0 Å². The van der Waals surface area contributed by atoms with Gasteiger partial charge in [-0.3, -0.25) is 14.5 Å². The van der Waals surface area contributed by atoms with Crippen LogP contribution in [0.4, 0.5) is 0 Å². The highest BCUT2D eigenvalue weighted by Crippen LogP contribution is 2.08. The third-order valence-electron chi connectivity index (χ3n) is 3.16. The Hall–Kier alpha value is -1.64. The smallest absolute Gasteiger partial charge is 0.260 e. The summed E-state index contributed by atoms with van der Waals surface area (Å²) in [6.45, 7) is 2.70. The molecule has 0 N–H and O–H groups in total. The Kier molecular flexibility index (Phi) is 7.56. The van der Waals surface area contributed by atoms with Crippen LogP contribution in [-0.2, 0) is 4.79 Å². The summed E-state index contributed by atoms with van der Waals surface area (Å²) in [4.78, 5) is 24.3. The molecule has 3 heteroatoms. The Bertz CT molecular complexity index is 376. The third-order valence-corrected chi connectivity index (χ3v) is 3.16. The number of rotatable bonds is 9. The number of hydrogen-bond acceptors (Lipinski definition) is 2. The molecule has 0 bridgehead atoms. The van der Waals surface area contributed by atoms with E-state index < -0.39 is 0 Å². The van der Waals surface area contributed by atoms with Gasteiger partial charge in [0.25, 0.3) is 5.91 Å². The molecule has 1 rings (SSSR count). The van der Waals surface area contributed by atoms with Gasteiger partial charge in [-0.15, -0.1) is 0 Å². The molecule has 0 saturated carbocycles. The molecule has 0 aliphatic heterocycles. The maximum absolute atomic E-state index is 12.0. The lowest BCUT2D eigenvalue weighted by molar-refractivity contribution is -0.116. The minimum Gasteiger partial charge on any atom is -0.281 e. The number of hydrogen-bond donors (Lipinski definition) is 0. The molecule has 0 heterocycles. The number of unbranched alkanes of at least 4 members (excludes halogenated alkanes) is 5. The molecule has 0 aromatic heterocycles. The summed E-state index contributed by atoms with van der Waals surface area (Å²) in [5.41, 5.74) is 0.570. The van der Waals surface area contributed by atoms with Crippen molar-refractivity contribution in [2.45, 2.75) is 45.4 Å². The van der Waals surface area contributed by atoms with E-state index in [2.05, 4.69) is 6.92 Å². The maximum Gasteiger partial charge on any atom is 0.260 e. The van der Waals surface area contributed by atoms with Gasteiger partial charge < -0.3 is 0 Å². The summed E-state index contributed by atoms with van der Waals surface area (Å²) in [6, 6.07) is 8.94. The summed E-state index contributed by atoms with van der Waals surface area (Å²) >= 11 is 0. The van der Waals surface area contributed by atoms with Gasteiger partial charge in [-0.2, -0.15) is 0 Å². The number of benzene rings is 1. The summed E-state index contributed by atoms with van der Waals surface area (Å²) < 4.78 is 0. The molecule has 0 aliphatic rings. The molecule has 2 amide bonds. The number of carbonyl (C=O) groups excluding carboxylic acids is 2. The SMILES string of the molecule is CCCCCCCCN(C=O)C(=O)c1ccccc1. The van der Waals surface area contributed by atoms with Gasteiger partial charge in [-0.05, 0) is 18.6 Å². The predicted molar refractivity (Wildman–Crippen MR) is 76.9 cm³/mol. The van der Waals surface area contributed by atoms with Crippen LogP contribution in [-0.4, -0.2) is 23.8 Å². The molecule has 1 aromatic rings. The molecule has 1 aromatic carbocycles. The Morgan fingerprint density at radius 3 is 2.32 bits per heavy atom. The van der Waals surface area contributed by atoms with Gasteiger partial charge in [-0.25, -0.2) is 0 Å². The second kappa shape index (κ2) is 9.31. The van der Waals surface area contributed by atoms with Crippen LogP contribution in [0.1, 0.15) is 55.8 Å². The van der Waals surface area contributed by atoms with Crippen LogP contribution in [0.25, 0.3) is 0 Å². The zero-order chi connectivity index (χ0) is 13.9. The molecule has 0 unspecified atom stereocenters. The van der Waals surface area contributed by atoms with Crippen LogP contribution >= 0.6 is 0 Å². The zero-order valence-corrected chi connectivity index (χ0v) is 11.7. The summed E-state index contributed by atoms with van der Waals surface area (Å²) in [6.07, 6.45) is 7.52. The highest BCUT2D eigenvalue weighted by molar-refractivity contribution is 5.99. The number of nitrogens with zero attached hydrogens (tertiary/aromatic N) is 1. The summed E-state index contributed by atoms with van der Waals surface area (Å²) in [5.74, 6) is -0.204. The Balaban J connectivity index is 2.33. The van der Waals surface area contributed by atoms with Crippen molar-refractivity contribution >= 4 is 12.3 Å². The topological polar surface area (TPSA) is 37.4 Å². The zero-order valence-electron chi connectivity index (χ0n) is 11.7. The normalized spacial score (nSPS) is 10.2. The maximum atomic E-state index is 12.0. The summed E-state index contributed by atoms with van der Waals surface area (Å²) in [5, 5.41) is 0. The van der Waals surface area contributed by atoms with Crippen molar-refractivity contribution in [1.29, 1.82) is 0 Å². The molecule has 19 heavy (non-hydrogen) atoms. The van der Waals surface area contributed by atoms with Crippen LogP contribution in [0, 0.1) is 0 Å². The van der Waals surface area contributed by atoms with Crippen molar-refractivity contribution in [3.05, 3.63) is 35.9 Å². The molecule has 3 nitrogen and oxygen atoms in total. The van der Waals surface area contributed by atoms with Crippen molar-refractivity contribution in [3.63, 3.8) is 0 Å². The molecule has 0 spiro atoms. The Labute approximate surface area is 115 Å². The lowest BCUT2D eigenvalue weighted by Gasteiger charge is -2.15. The van der Waals surface area contributed by atoms with Crippen LogP contribution in [0.2, 0.25) is 0 Å². The van der Waals surface area contributed by atoms with Gasteiger partial charge in [-0.1, -0.05) is 57.2 Å². The van der Waals surface area contributed by atoms with Gasteiger partial charge >= 0.3 is 0 Å². The minimum atomic E-state index is -0.204. The van der Waals surface area contributed by atoms with E-state index in [1.54, 1.807) is 24.3 Å². The predicted octanol–water partition coefficient (Wildman–Crippen LogP) is 3.65. The first kappa shape index (κ1) is 15.4. The van der Waals surface area contributed by atoms with Gasteiger partial charge in [0, 0.05) is 12.1 Å². The molecule has 104 valence electrons. The highest BCUT2D eigenvalue weighted by Gasteiger charge is 2.13. The minimum absolute atomic E-state index is 0.204. The first-order valence-electron chi connectivity index (χ1n) is 7.11.